The van der Waals surface area contributed by atoms with Crippen molar-refractivity contribution >= 4 is 21.5 Å². The molecule has 0 saturated carbocycles. The summed E-state index contributed by atoms with van der Waals surface area (Å²) in [6.07, 6.45) is 0. The van der Waals surface area contributed by atoms with Gasteiger partial charge in [0.2, 0.25) is 10.0 Å². The van der Waals surface area contributed by atoms with Gasteiger partial charge >= 0.3 is 0 Å². The van der Waals surface area contributed by atoms with Crippen molar-refractivity contribution in [2.75, 3.05) is 25.0 Å². The first-order valence-electron chi connectivity index (χ1n) is 8.74. The fourth-order valence-corrected chi connectivity index (χ4v) is 4.19. The number of carbonyl (C=O) groups is 1. The highest BCUT2D eigenvalue weighted by Crippen LogP contribution is 2.18. The van der Waals surface area contributed by atoms with Crippen LogP contribution in [-0.4, -0.2) is 38.1 Å². The van der Waals surface area contributed by atoms with Gasteiger partial charge in [-0.1, -0.05) is 26.0 Å². The van der Waals surface area contributed by atoms with Crippen molar-refractivity contribution in [1.29, 1.82) is 0 Å². The minimum atomic E-state index is -3.50. The Kier molecular flexibility index (Phi) is 6.56. The first-order valence-corrected chi connectivity index (χ1v) is 10.2. The second-order valence-electron chi connectivity index (χ2n) is 6.21. The molecule has 0 radical (unpaired) electrons. The third-order valence-corrected chi connectivity index (χ3v) is 6.42. The topological polar surface area (TPSA) is 66.5 Å². The minimum absolute atomic E-state index is 0.0855. The van der Waals surface area contributed by atoms with E-state index in [4.69, 9.17) is 0 Å². The van der Waals surface area contributed by atoms with Gasteiger partial charge < -0.3 is 5.32 Å². The lowest BCUT2D eigenvalue weighted by molar-refractivity contribution is 0.101. The molecule has 6 heteroatoms. The van der Waals surface area contributed by atoms with E-state index in [0.29, 0.717) is 18.7 Å². The highest BCUT2D eigenvalue weighted by Gasteiger charge is 2.21. The molecule has 0 unspecified atom stereocenters. The lowest BCUT2D eigenvalue weighted by atomic mass is 10.1. The largest absolute Gasteiger partial charge is 0.377 e. The summed E-state index contributed by atoms with van der Waals surface area (Å²) in [4.78, 5) is 12.6. The summed E-state index contributed by atoms with van der Waals surface area (Å²) < 4.78 is 26.4. The summed E-state index contributed by atoms with van der Waals surface area (Å²) in [6, 6.07) is 12.2. The number of carbonyl (C=O) groups excluding carboxylic acids is 1. The van der Waals surface area contributed by atoms with Crippen LogP contribution < -0.4 is 5.32 Å². The zero-order valence-electron chi connectivity index (χ0n) is 15.7. The molecule has 2 aromatic carbocycles. The van der Waals surface area contributed by atoms with Crippen LogP contribution in [0.5, 0.6) is 0 Å². The van der Waals surface area contributed by atoms with Crippen LogP contribution in [0.3, 0.4) is 0 Å². The summed E-state index contributed by atoms with van der Waals surface area (Å²) in [5.74, 6) is -0.0855. The van der Waals surface area contributed by atoms with Gasteiger partial charge in [0.15, 0.2) is 5.78 Å². The van der Waals surface area contributed by atoms with E-state index in [-0.39, 0.29) is 17.2 Å². The molecule has 26 heavy (non-hydrogen) atoms. The SMILES string of the molecule is CCN(CC)S(=O)(=O)c1ccc(C(=O)CNc2cc(C)ccc2C)cc1. The van der Waals surface area contributed by atoms with E-state index in [0.717, 1.165) is 16.8 Å². The first-order chi connectivity index (χ1) is 12.3. The van der Waals surface area contributed by atoms with Crippen molar-refractivity contribution in [3.05, 3.63) is 59.2 Å². The molecule has 0 heterocycles. The Labute approximate surface area is 156 Å². The van der Waals surface area contributed by atoms with E-state index >= 15 is 0 Å². The molecule has 0 amide bonds. The van der Waals surface area contributed by atoms with E-state index in [2.05, 4.69) is 5.32 Å². The molecule has 1 N–H and O–H groups in total. The van der Waals surface area contributed by atoms with Gasteiger partial charge in [0.05, 0.1) is 11.4 Å². The van der Waals surface area contributed by atoms with Gasteiger partial charge in [-0.15, -0.1) is 0 Å². The van der Waals surface area contributed by atoms with Crippen LogP contribution in [-0.2, 0) is 10.0 Å². The fourth-order valence-electron chi connectivity index (χ4n) is 2.73. The van der Waals surface area contributed by atoms with Crippen LogP contribution in [0.1, 0.15) is 35.3 Å². The van der Waals surface area contributed by atoms with E-state index in [1.54, 1.807) is 26.0 Å². The van der Waals surface area contributed by atoms with Gasteiger partial charge in [0.25, 0.3) is 0 Å². The molecule has 0 aliphatic rings. The zero-order chi connectivity index (χ0) is 19.3. The third-order valence-electron chi connectivity index (χ3n) is 4.35. The summed E-state index contributed by atoms with van der Waals surface area (Å²) in [5, 5.41) is 3.16. The van der Waals surface area contributed by atoms with Crippen LogP contribution in [0.4, 0.5) is 5.69 Å². The molecule has 0 aromatic heterocycles. The zero-order valence-corrected chi connectivity index (χ0v) is 16.6. The quantitative estimate of drug-likeness (QED) is 0.717. The van der Waals surface area contributed by atoms with E-state index in [9.17, 15) is 13.2 Å². The molecule has 0 bridgehead atoms. The highest BCUT2D eigenvalue weighted by molar-refractivity contribution is 7.89. The third kappa shape index (κ3) is 4.51. The van der Waals surface area contributed by atoms with Crippen LogP contribution in [0.2, 0.25) is 0 Å². The van der Waals surface area contributed by atoms with Gasteiger partial charge in [-0.3, -0.25) is 4.79 Å². The van der Waals surface area contributed by atoms with Gasteiger partial charge in [-0.25, -0.2) is 8.42 Å². The van der Waals surface area contributed by atoms with Crippen molar-refractivity contribution in [2.45, 2.75) is 32.6 Å². The lowest BCUT2D eigenvalue weighted by Crippen LogP contribution is -2.30. The molecule has 0 spiro atoms. The maximum Gasteiger partial charge on any atom is 0.243 e. The average molecular weight is 375 g/mol. The second-order valence-corrected chi connectivity index (χ2v) is 8.15. The number of benzene rings is 2. The molecular weight excluding hydrogens is 348 g/mol. The first kappa shape index (κ1) is 20.1. The number of aryl methyl sites for hydroxylation is 2. The Bertz CT molecular complexity index is 870. The van der Waals surface area contributed by atoms with Crippen molar-refractivity contribution in [2.24, 2.45) is 0 Å². The number of hydrogen-bond acceptors (Lipinski definition) is 4. The Morgan fingerprint density at radius 3 is 2.19 bits per heavy atom. The maximum atomic E-state index is 12.5. The molecular formula is C20H26N2O3S. The number of Topliss-reactive ketones (excluding diaryl/α,β-unsaturated/α-hetero) is 1. The standard InChI is InChI=1S/C20H26N2O3S/c1-5-22(6-2)26(24,25)18-11-9-17(10-12-18)20(23)14-21-19-13-15(3)7-8-16(19)4/h7-13,21H,5-6,14H2,1-4H3. The van der Waals surface area contributed by atoms with Crippen molar-refractivity contribution in [3.8, 4) is 0 Å². The molecule has 0 aliphatic carbocycles. The average Bonchev–Trinajstić information content (AvgIpc) is 2.63. The Hall–Kier alpha value is -2.18. The highest BCUT2D eigenvalue weighted by atomic mass is 32.2. The van der Waals surface area contributed by atoms with Crippen LogP contribution in [0.15, 0.2) is 47.4 Å². The van der Waals surface area contributed by atoms with Crippen molar-refractivity contribution in [1.82, 2.24) is 4.31 Å². The smallest absolute Gasteiger partial charge is 0.243 e. The lowest BCUT2D eigenvalue weighted by Gasteiger charge is -2.18. The van der Waals surface area contributed by atoms with Gasteiger partial charge in [-0.2, -0.15) is 4.31 Å². The van der Waals surface area contributed by atoms with Crippen LogP contribution >= 0.6 is 0 Å². The predicted octanol–water partition coefficient (Wildman–Crippen LogP) is 3.63. The van der Waals surface area contributed by atoms with Crippen molar-refractivity contribution < 1.29 is 13.2 Å². The number of anilines is 1. The van der Waals surface area contributed by atoms with E-state index in [1.807, 2.05) is 32.0 Å². The number of rotatable bonds is 8. The maximum absolute atomic E-state index is 12.5. The Balaban J connectivity index is 2.10. The summed E-state index contributed by atoms with van der Waals surface area (Å²) in [6.45, 7) is 8.58. The van der Waals surface area contributed by atoms with Gasteiger partial charge in [0.1, 0.15) is 0 Å². The molecule has 2 aromatic rings. The molecule has 0 aliphatic heterocycles. The normalized spacial score (nSPS) is 11.6. The summed E-state index contributed by atoms with van der Waals surface area (Å²) >= 11 is 0. The van der Waals surface area contributed by atoms with Gasteiger partial charge in [-0.05, 0) is 55.3 Å². The van der Waals surface area contributed by atoms with E-state index < -0.39 is 10.0 Å². The monoisotopic (exact) mass is 374 g/mol. The van der Waals surface area contributed by atoms with Crippen molar-refractivity contribution in [3.63, 3.8) is 0 Å². The summed E-state index contributed by atoms with van der Waals surface area (Å²) in [7, 11) is -3.50. The van der Waals surface area contributed by atoms with Crippen LogP contribution in [0.25, 0.3) is 0 Å². The number of sulfonamides is 1. The molecule has 0 atom stereocenters. The number of hydrogen-bond donors (Lipinski definition) is 1. The number of ketones is 1. The Morgan fingerprint density at radius 2 is 1.62 bits per heavy atom. The molecule has 0 fully saturated rings. The minimum Gasteiger partial charge on any atom is -0.377 e. The molecule has 2 rings (SSSR count). The predicted molar refractivity (Wildman–Crippen MR) is 105 cm³/mol. The number of nitrogens with zero attached hydrogens (tertiary/aromatic N) is 1. The summed E-state index contributed by atoms with van der Waals surface area (Å²) in [5.41, 5.74) is 3.61. The number of nitrogens with one attached hydrogen (secondary N) is 1. The fraction of sp³-hybridized carbons (Fsp3) is 0.350. The molecule has 140 valence electrons. The van der Waals surface area contributed by atoms with Gasteiger partial charge in [0, 0.05) is 24.3 Å². The molecule has 5 nitrogen and oxygen atoms in total. The Morgan fingerprint density at radius 1 is 1.00 bits per heavy atom. The second kappa shape index (κ2) is 8.47. The van der Waals surface area contributed by atoms with E-state index in [1.165, 1.54) is 16.4 Å². The van der Waals surface area contributed by atoms with Crippen LogP contribution in [0, 0.1) is 13.8 Å². The molecule has 0 saturated heterocycles.